The third-order valence-corrected chi connectivity index (χ3v) is 4.94. The Kier molecular flexibility index (Phi) is 4.22. The van der Waals surface area contributed by atoms with Gasteiger partial charge in [-0.05, 0) is 44.5 Å². The van der Waals surface area contributed by atoms with Crippen molar-refractivity contribution in [3.8, 4) is 0 Å². The predicted octanol–water partition coefficient (Wildman–Crippen LogP) is 2.67. The molecule has 1 aromatic carbocycles. The van der Waals surface area contributed by atoms with Crippen LogP contribution in [0.3, 0.4) is 0 Å². The van der Waals surface area contributed by atoms with Gasteiger partial charge in [0.1, 0.15) is 11.7 Å². The normalized spacial score (nSPS) is 17.0. The van der Waals surface area contributed by atoms with E-state index in [-0.39, 0.29) is 18.0 Å². The van der Waals surface area contributed by atoms with Crippen molar-refractivity contribution in [1.82, 2.24) is 14.3 Å². The first-order valence-corrected chi connectivity index (χ1v) is 9.05. The van der Waals surface area contributed by atoms with Crippen LogP contribution in [0.2, 0.25) is 0 Å². The fourth-order valence-corrected chi connectivity index (χ4v) is 3.41. The molecule has 142 valence electrons. The minimum absolute atomic E-state index is 0.0377. The number of pyridine rings is 1. The molecule has 3 heterocycles. The maximum atomic E-state index is 12.9. The van der Waals surface area contributed by atoms with Gasteiger partial charge in [-0.1, -0.05) is 23.8 Å². The van der Waals surface area contributed by atoms with Crippen molar-refractivity contribution in [2.24, 2.45) is 0 Å². The standard InChI is InChI=1S/C21H20N4O3/c1-13-4-7-17(8-5-13)25-15(3)20(27)24(21(25)28)12-16-10-19(26)23-11-14(2)6-9-18(23)22-16/h4-11,15H,12H2,1-3H3. The summed E-state index contributed by atoms with van der Waals surface area (Å²) in [5.74, 6) is -0.309. The first-order valence-electron chi connectivity index (χ1n) is 9.05. The fourth-order valence-electron chi connectivity index (χ4n) is 3.41. The maximum absolute atomic E-state index is 12.9. The summed E-state index contributed by atoms with van der Waals surface area (Å²) in [6.45, 7) is 5.51. The Morgan fingerprint density at radius 2 is 1.64 bits per heavy atom. The molecular weight excluding hydrogens is 356 g/mol. The summed E-state index contributed by atoms with van der Waals surface area (Å²) in [6.07, 6.45) is 1.71. The molecule has 1 unspecified atom stereocenters. The molecule has 0 N–H and O–H groups in total. The van der Waals surface area contributed by atoms with E-state index in [9.17, 15) is 14.4 Å². The molecule has 0 bridgehead atoms. The van der Waals surface area contributed by atoms with Crippen LogP contribution in [0, 0.1) is 13.8 Å². The van der Waals surface area contributed by atoms with Crippen molar-refractivity contribution in [1.29, 1.82) is 0 Å². The van der Waals surface area contributed by atoms with E-state index in [4.69, 9.17) is 0 Å². The van der Waals surface area contributed by atoms with Crippen LogP contribution in [0.25, 0.3) is 5.65 Å². The number of aryl methyl sites for hydroxylation is 2. The molecule has 7 nitrogen and oxygen atoms in total. The van der Waals surface area contributed by atoms with Crippen molar-refractivity contribution in [2.45, 2.75) is 33.4 Å². The lowest BCUT2D eigenvalue weighted by Crippen LogP contribution is -2.34. The summed E-state index contributed by atoms with van der Waals surface area (Å²) in [5.41, 5.74) is 3.30. The van der Waals surface area contributed by atoms with Gasteiger partial charge >= 0.3 is 6.03 Å². The summed E-state index contributed by atoms with van der Waals surface area (Å²) in [7, 11) is 0. The van der Waals surface area contributed by atoms with Crippen molar-refractivity contribution < 1.29 is 9.59 Å². The number of amides is 3. The smallest absolute Gasteiger partial charge is 0.282 e. The Bertz CT molecular complexity index is 1150. The van der Waals surface area contributed by atoms with Crippen LogP contribution in [0.15, 0.2) is 53.5 Å². The van der Waals surface area contributed by atoms with Gasteiger partial charge in [0.25, 0.3) is 11.5 Å². The molecule has 7 heteroatoms. The average Bonchev–Trinajstić information content (AvgIpc) is 2.87. The molecule has 0 aliphatic carbocycles. The Balaban J connectivity index is 1.66. The number of hydrogen-bond acceptors (Lipinski definition) is 4. The van der Waals surface area contributed by atoms with Crippen LogP contribution in [-0.2, 0) is 11.3 Å². The second-order valence-electron chi connectivity index (χ2n) is 7.11. The van der Waals surface area contributed by atoms with Gasteiger partial charge in [0, 0.05) is 18.0 Å². The van der Waals surface area contributed by atoms with E-state index < -0.39 is 12.1 Å². The lowest BCUT2D eigenvalue weighted by Gasteiger charge is -2.19. The van der Waals surface area contributed by atoms with Gasteiger partial charge in [0.2, 0.25) is 0 Å². The summed E-state index contributed by atoms with van der Waals surface area (Å²) in [4.78, 5) is 45.1. The highest BCUT2D eigenvalue weighted by Gasteiger charge is 2.43. The zero-order valence-electron chi connectivity index (χ0n) is 15.9. The lowest BCUT2D eigenvalue weighted by molar-refractivity contribution is -0.127. The highest BCUT2D eigenvalue weighted by atomic mass is 16.2. The number of fused-ring (bicyclic) bond motifs is 1. The SMILES string of the molecule is Cc1ccc(N2C(=O)N(Cc3cc(=O)n4cc(C)ccc4n3)C(=O)C2C)cc1. The second-order valence-corrected chi connectivity index (χ2v) is 7.11. The number of aromatic nitrogens is 2. The van der Waals surface area contributed by atoms with E-state index in [2.05, 4.69) is 4.98 Å². The predicted molar refractivity (Wildman–Crippen MR) is 105 cm³/mol. The molecule has 28 heavy (non-hydrogen) atoms. The number of urea groups is 1. The van der Waals surface area contributed by atoms with E-state index in [1.165, 1.54) is 15.4 Å². The molecule has 4 rings (SSSR count). The third-order valence-electron chi connectivity index (χ3n) is 4.94. The van der Waals surface area contributed by atoms with Crippen LogP contribution in [0.4, 0.5) is 10.5 Å². The zero-order valence-corrected chi connectivity index (χ0v) is 15.9. The highest BCUT2D eigenvalue weighted by molar-refractivity contribution is 6.13. The zero-order chi connectivity index (χ0) is 20.0. The van der Waals surface area contributed by atoms with Crippen molar-refractivity contribution >= 4 is 23.3 Å². The summed E-state index contributed by atoms with van der Waals surface area (Å²) >= 11 is 0. The summed E-state index contributed by atoms with van der Waals surface area (Å²) in [6, 6.07) is 11.4. The third kappa shape index (κ3) is 2.94. The Labute approximate surface area is 161 Å². The number of carbonyl (C=O) groups excluding carboxylic acids is 2. The van der Waals surface area contributed by atoms with Gasteiger partial charge in [-0.2, -0.15) is 0 Å². The molecule has 3 aromatic rings. The highest BCUT2D eigenvalue weighted by Crippen LogP contribution is 2.27. The monoisotopic (exact) mass is 376 g/mol. The number of rotatable bonds is 3. The number of nitrogens with zero attached hydrogens (tertiary/aromatic N) is 4. The molecule has 1 fully saturated rings. The fraction of sp³-hybridized carbons (Fsp3) is 0.238. The topological polar surface area (TPSA) is 75.0 Å². The van der Waals surface area contributed by atoms with Crippen LogP contribution in [0.1, 0.15) is 23.7 Å². The number of hydrogen-bond donors (Lipinski definition) is 0. The molecule has 3 amide bonds. The number of imide groups is 1. The molecule has 1 aliphatic heterocycles. The summed E-state index contributed by atoms with van der Waals surface area (Å²) < 4.78 is 1.45. The van der Waals surface area contributed by atoms with E-state index in [1.807, 2.05) is 44.2 Å². The van der Waals surface area contributed by atoms with Gasteiger partial charge in [-0.15, -0.1) is 0 Å². The minimum atomic E-state index is -0.612. The van der Waals surface area contributed by atoms with Crippen LogP contribution >= 0.6 is 0 Å². The first kappa shape index (κ1) is 17.9. The molecular formula is C21H20N4O3. The van der Waals surface area contributed by atoms with E-state index >= 15 is 0 Å². The molecule has 2 aromatic heterocycles. The van der Waals surface area contributed by atoms with Gasteiger partial charge in [-0.3, -0.25) is 23.8 Å². The van der Waals surface area contributed by atoms with Crippen molar-refractivity contribution in [2.75, 3.05) is 4.90 Å². The van der Waals surface area contributed by atoms with Gasteiger partial charge < -0.3 is 0 Å². The molecule has 0 spiro atoms. The average molecular weight is 376 g/mol. The molecule has 1 saturated heterocycles. The van der Waals surface area contributed by atoms with Gasteiger partial charge in [-0.25, -0.2) is 9.78 Å². The second kappa shape index (κ2) is 6.60. The molecule has 0 radical (unpaired) electrons. The molecule has 1 aliphatic rings. The van der Waals surface area contributed by atoms with Gasteiger partial charge in [0.05, 0.1) is 12.2 Å². The van der Waals surface area contributed by atoms with Gasteiger partial charge in [0.15, 0.2) is 0 Å². The number of carbonyl (C=O) groups is 2. The number of anilines is 1. The quantitative estimate of drug-likeness (QED) is 0.659. The lowest BCUT2D eigenvalue weighted by atomic mass is 10.2. The summed E-state index contributed by atoms with van der Waals surface area (Å²) in [5, 5.41) is 0. The van der Waals surface area contributed by atoms with Crippen molar-refractivity contribution in [3.05, 3.63) is 75.8 Å². The minimum Gasteiger partial charge on any atom is -0.282 e. The van der Waals surface area contributed by atoms with Crippen LogP contribution in [-0.4, -0.2) is 32.3 Å². The maximum Gasteiger partial charge on any atom is 0.332 e. The van der Waals surface area contributed by atoms with E-state index in [1.54, 1.807) is 19.2 Å². The molecule has 1 atom stereocenters. The Hall–Kier alpha value is -3.48. The Morgan fingerprint density at radius 3 is 2.36 bits per heavy atom. The number of benzene rings is 1. The Morgan fingerprint density at radius 1 is 0.964 bits per heavy atom. The first-order chi connectivity index (χ1) is 13.3. The van der Waals surface area contributed by atoms with E-state index in [0.717, 1.165) is 16.0 Å². The largest absolute Gasteiger partial charge is 0.332 e. The van der Waals surface area contributed by atoms with Crippen LogP contribution in [0.5, 0.6) is 0 Å². The molecule has 0 saturated carbocycles. The van der Waals surface area contributed by atoms with Crippen LogP contribution < -0.4 is 10.5 Å². The van der Waals surface area contributed by atoms with Crippen molar-refractivity contribution in [3.63, 3.8) is 0 Å². The van der Waals surface area contributed by atoms with E-state index in [0.29, 0.717) is 17.0 Å².